The monoisotopic (exact) mass is 295 g/mol. The molecule has 0 saturated carbocycles. The summed E-state index contributed by atoms with van der Waals surface area (Å²) in [5.41, 5.74) is 1.25. The number of anilines is 1. The highest BCUT2D eigenvalue weighted by atomic mass is 16.5. The van der Waals surface area contributed by atoms with Crippen molar-refractivity contribution >= 4 is 11.7 Å². The SMILES string of the molecule is COC(=O)C(O)c1cc(OC)c(N2CCCC2)cc1OC. The first-order chi connectivity index (χ1) is 10.1. The van der Waals surface area contributed by atoms with Crippen LogP contribution in [-0.2, 0) is 9.53 Å². The number of methoxy groups -OCH3 is 3. The maximum Gasteiger partial charge on any atom is 0.339 e. The summed E-state index contributed by atoms with van der Waals surface area (Å²) in [5, 5.41) is 10.1. The van der Waals surface area contributed by atoms with E-state index in [1.54, 1.807) is 19.2 Å². The fourth-order valence-corrected chi connectivity index (χ4v) is 2.56. The Morgan fingerprint density at radius 2 is 1.76 bits per heavy atom. The lowest BCUT2D eigenvalue weighted by Gasteiger charge is -2.23. The molecule has 1 aromatic carbocycles. The summed E-state index contributed by atoms with van der Waals surface area (Å²) >= 11 is 0. The number of rotatable bonds is 5. The number of nitrogens with zero attached hydrogens (tertiary/aromatic N) is 1. The second-order valence-corrected chi connectivity index (χ2v) is 4.89. The molecule has 0 bridgehead atoms. The average Bonchev–Trinajstić information content (AvgIpc) is 3.06. The minimum absolute atomic E-state index is 0.337. The van der Waals surface area contributed by atoms with Gasteiger partial charge in [0.05, 0.1) is 27.0 Å². The van der Waals surface area contributed by atoms with Gasteiger partial charge in [-0.05, 0) is 18.9 Å². The standard InChI is InChI=1S/C15H21NO5/c1-19-12-9-11(16-6-4-5-7-16)13(20-2)8-10(12)14(17)15(18)21-3/h8-9,14,17H,4-7H2,1-3H3. The Morgan fingerprint density at radius 3 is 2.29 bits per heavy atom. The molecule has 1 atom stereocenters. The van der Waals surface area contributed by atoms with Gasteiger partial charge in [0.2, 0.25) is 0 Å². The number of hydrogen-bond donors (Lipinski definition) is 1. The lowest BCUT2D eigenvalue weighted by atomic mass is 10.1. The third-order valence-corrected chi connectivity index (χ3v) is 3.70. The van der Waals surface area contributed by atoms with Crippen molar-refractivity contribution in [3.05, 3.63) is 17.7 Å². The van der Waals surface area contributed by atoms with Gasteiger partial charge >= 0.3 is 5.97 Å². The Labute approximate surface area is 124 Å². The van der Waals surface area contributed by atoms with Crippen LogP contribution in [-0.4, -0.2) is 45.5 Å². The van der Waals surface area contributed by atoms with E-state index in [4.69, 9.17) is 9.47 Å². The van der Waals surface area contributed by atoms with Gasteiger partial charge in [0.15, 0.2) is 6.10 Å². The highest BCUT2D eigenvalue weighted by Gasteiger charge is 2.26. The molecule has 6 heteroatoms. The largest absolute Gasteiger partial charge is 0.496 e. The number of carbonyl (C=O) groups is 1. The van der Waals surface area contributed by atoms with Crippen molar-refractivity contribution in [3.8, 4) is 11.5 Å². The molecule has 0 spiro atoms. The number of benzene rings is 1. The number of esters is 1. The molecule has 0 aromatic heterocycles. The average molecular weight is 295 g/mol. The van der Waals surface area contributed by atoms with E-state index in [1.165, 1.54) is 14.2 Å². The summed E-state index contributed by atoms with van der Waals surface area (Å²) in [4.78, 5) is 13.7. The van der Waals surface area contributed by atoms with E-state index in [2.05, 4.69) is 9.64 Å². The van der Waals surface area contributed by atoms with E-state index in [-0.39, 0.29) is 0 Å². The summed E-state index contributed by atoms with van der Waals surface area (Å²) in [7, 11) is 4.30. The van der Waals surface area contributed by atoms with Crippen LogP contribution >= 0.6 is 0 Å². The molecule has 116 valence electrons. The highest BCUT2D eigenvalue weighted by molar-refractivity contribution is 5.78. The second-order valence-electron chi connectivity index (χ2n) is 4.89. The Bertz CT molecular complexity index is 511. The zero-order valence-corrected chi connectivity index (χ0v) is 12.6. The van der Waals surface area contributed by atoms with Crippen LogP contribution in [0.4, 0.5) is 5.69 Å². The predicted octanol–water partition coefficient (Wildman–Crippen LogP) is 1.51. The second kappa shape index (κ2) is 6.67. The zero-order valence-electron chi connectivity index (χ0n) is 12.6. The highest BCUT2D eigenvalue weighted by Crippen LogP contribution is 2.39. The van der Waals surface area contributed by atoms with Crippen molar-refractivity contribution in [2.24, 2.45) is 0 Å². The fourth-order valence-electron chi connectivity index (χ4n) is 2.56. The molecule has 1 aliphatic rings. The van der Waals surface area contributed by atoms with Gasteiger partial charge in [-0.3, -0.25) is 0 Å². The topological polar surface area (TPSA) is 68.2 Å². The first-order valence-electron chi connectivity index (χ1n) is 6.89. The molecule has 0 amide bonds. The molecule has 0 radical (unpaired) electrons. The van der Waals surface area contributed by atoms with Crippen LogP contribution in [0.3, 0.4) is 0 Å². The van der Waals surface area contributed by atoms with Gasteiger partial charge in [-0.25, -0.2) is 4.79 Å². The van der Waals surface area contributed by atoms with E-state index in [1.807, 2.05) is 0 Å². The van der Waals surface area contributed by atoms with Gasteiger partial charge in [0, 0.05) is 24.7 Å². The van der Waals surface area contributed by atoms with Gasteiger partial charge in [0.25, 0.3) is 0 Å². The molecular formula is C15H21NO5. The van der Waals surface area contributed by atoms with E-state index in [0.29, 0.717) is 17.1 Å². The van der Waals surface area contributed by atoms with E-state index in [9.17, 15) is 9.90 Å². The van der Waals surface area contributed by atoms with E-state index >= 15 is 0 Å². The van der Waals surface area contributed by atoms with Crippen LogP contribution in [0.25, 0.3) is 0 Å². The summed E-state index contributed by atoms with van der Waals surface area (Å²) in [5.74, 6) is 0.315. The minimum Gasteiger partial charge on any atom is -0.496 e. The predicted molar refractivity (Wildman–Crippen MR) is 78.0 cm³/mol. The van der Waals surface area contributed by atoms with Gasteiger partial charge in [0.1, 0.15) is 11.5 Å². The van der Waals surface area contributed by atoms with E-state index < -0.39 is 12.1 Å². The normalized spacial score (nSPS) is 15.7. The molecule has 6 nitrogen and oxygen atoms in total. The Kier molecular flexibility index (Phi) is 4.90. The van der Waals surface area contributed by atoms with Crippen LogP contribution < -0.4 is 14.4 Å². The zero-order chi connectivity index (χ0) is 15.4. The van der Waals surface area contributed by atoms with Crippen LogP contribution in [0.2, 0.25) is 0 Å². The molecule has 21 heavy (non-hydrogen) atoms. The van der Waals surface area contributed by atoms with Gasteiger partial charge in [-0.2, -0.15) is 0 Å². The Hall–Kier alpha value is -1.95. The van der Waals surface area contributed by atoms with Crippen LogP contribution in [0.5, 0.6) is 11.5 Å². The lowest BCUT2D eigenvalue weighted by Crippen LogP contribution is -2.20. The summed E-state index contributed by atoms with van der Waals surface area (Å²) in [6.45, 7) is 1.91. The van der Waals surface area contributed by atoms with Gasteiger partial charge in [-0.15, -0.1) is 0 Å². The van der Waals surface area contributed by atoms with Crippen LogP contribution in [0, 0.1) is 0 Å². The molecule has 1 aliphatic heterocycles. The molecule has 1 unspecified atom stereocenters. The summed E-state index contributed by atoms with van der Waals surface area (Å²) in [6.07, 6.45) is 0.877. The quantitative estimate of drug-likeness (QED) is 0.831. The van der Waals surface area contributed by atoms with Crippen LogP contribution in [0.15, 0.2) is 12.1 Å². The van der Waals surface area contributed by atoms with Crippen LogP contribution in [0.1, 0.15) is 24.5 Å². The van der Waals surface area contributed by atoms with Gasteiger partial charge < -0.3 is 24.2 Å². The number of carbonyl (C=O) groups excluding carboxylic acids is 1. The fraction of sp³-hybridized carbons (Fsp3) is 0.533. The molecule has 1 heterocycles. The molecule has 1 N–H and O–H groups in total. The first kappa shape index (κ1) is 15.4. The maximum atomic E-state index is 11.5. The number of hydrogen-bond acceptors (Lipinski definition) is 6. The number of aliphatic hydroxyl groups excluding tert-OH is 1. The van der Waals surface area contributed by atoms with Crippen molar-refractivity contribution in [1.29, 1.82) is 0 Å². The lowest BCUT2D eigenvalue weighted by molar-refractivity contribution is -0.150. The van der Waals surface area contributed by atoms with Crippen molar-refractivity contribution in [2.75, 3.05) is 39.3 Å². The molecular weight excluding hydrogens is 274 g/mol. The van der Waals surface area contributed by atoms with Crippen molar-refractivity contribution in [2.45, 2.75) is 18.9 Å². The Morgan fingerprint density at radius 1 is 1.14 bits per heavy atom. The van der Waals surface area contributed by atoms with Crippen molar-refractivity contribution in [3.63, 3.8) is 0 Å². The summed E-state index contributed by atoms with van der Waals surface area (Å²) in [6, 6.07) is 3.43. The molecule has 1 aromatic rings. The Balaban J connectivity index is 2.44. The smallest absolute Gasteiger partial charge is 0.339 e. The molecule has 1 saturated heterocycles. The third-order valence-electron chi connectivity index (χ3n) is 3.70. The third kappa shape index (κ3) is 3.05. The van der Waals surface area contributed by atoms with Gasteiger partial charge in [-0.1, -0.05) is 0 Å². The maximum absolute atomic E-state index is 11.5. The van der Waals surface area contributed by atoms with Crippen molar-refractivity contribution in [1.82, 2.24) is 0 Å². The molecule has 1 fully saturated rings. The molecule has 2 rings (SSSR count). The molecule has 0 aliphatic carbocycles. The number of aliphatic hydroxyl groups is 1. The first-order valence-corrected chi connectivity index (χ1v) is 6.89. The van der Waals surface area contributed by atoms with E-state index in [0.717, 1.165) is 31.6 Å². The number of ether oxygens (including phenoxy) is 3. The minimum atomic E-state index is -1.40. The van der Waals surface area contributed by atoms with Crippen molar-refractivity contribution < 1.29 is 24.1 Å². The summed E-state index contributed by atoms with van der Waals surface area (Å²) < 4.78 is 15.3.